The third kappa shape index (κ3) is 2.43. The number of aromatic nitrogens is 4. The molecule has 2 aromatic heterocycles. The molecule has 5 nitrogen and oxygen atoms in total. The second kappa shape index (κ2) is 4.53. The maximum atomic E-state index is 4.52. The molecule has 0 aliphatic rings. The molecule has 2 rings (SSSR count). The van der Waals surface area contributed by atoms with Gasteiger partial charge in [0.1, 0.15) is 5.82 Å². The molecule has 0 fully saturated rings. The molecule has 0 saturated carbocycles. The third-order valence-corrected chi connectivity index (χ3v) is 2.62. The van der Waals surface area contributed by atoms with Crippen molar-refractivity contribution in [1.29, 1.82) is 0 Å². The van der Waals surface area contributed by atoms with Crippen molar-refractivity contribution in [2.24, 2.45) is 7.05 Å². The number of nitrogens with one attached hydrogen (secondary N) is 1. The van der Waals surface area contributed by atoms with Crippen LogP contribution < -0.4 is 5.32 Å². The molecular weight excluding hydrogens is 214 g/mol. The van der Waals surface area contributed by atoms with Crippen LogP contribution in [0.1, 0.15) is 31.0 Å². The van der Waals surface area contributed by atoms with Gasteiger partial charge in [0.2, 0.25) is 5.95 Å². The Balaban J connectivity index is 2.28. The molecule has 0 aliphatic heterocycles. The Hall–Kier alpha value is -1.91. The average molecular weight is 231 g/mol. The molecule has 2 aromatic rings. The Morgan fingerprint density at radius 1 is 1.35 bits per heavy atom. The summed E-state index contributed by atoms with van der Waals surface area (Å²) in [4.78, 5) is 8.80. The molecule has 0 radical (unpaired) electrons. The predicted octanol–water partition coefficient (Wildman–Crippen LogP) is 2.39. The normalized spacial score (nSPS) is 10.9. The number of nitrogens with zero attached hydrogens (tertiary/aromatic N) is 4. The molecule has 0 bridgehead atoms. The van der Waals surface area contributed by atoms with Crippen LogP contribution in [0.4, 0.5) is 11.8 Å². The van der Waals surface area contributed by atoms with Gasteiger partial charge >= 0.3 is 0 Å². The lowest BCUT2D eigenvalue weighted by Crippen LogP contribution is -2.06. The monoisotopic (exact) mass is 231 g/mol. The van der Waals surface area contributed by atoms with Gasteiger partial charge in [-0.25, -0.2) is 9.97 Å². The van der Waals surface area contributed by atoms with Crippen molar-refractivity contribution in [3.8, 4) is 0 Å². The molecule has 0 saturated heterocycles. The van der Waals surface area contributed by atoms with Crippen LogP contribution in [0.25, 0.3) is 0 Å². The van der Waals surface area contributed by atoms with E-state index in [0.29, 0.717) is 11.9 Å². The van der Waals surface area contributed by atoms with Crippen LogP contribution in [-0.4, -0.2) is 19.7 Å². The van der Waals surface area contributed by atoms with E-state index in [1.54, 1.807) is 10.9 Å². The molecule has 0 aliphatic carbocycles. The molecule has 17 heavy (non-hydrogen) atoms. The zero-order chi connectivity index (χ0) is 12.4. The summed E-state index contributed by atoms with van der Waals surface area (Å²) < 4.78 is 1.75. The van der Waals surface area contributed by atoms with Crippen LogP contribution in [0.2, 0.25) is 0 Å². The SMILES string of the molecule is Cc1cnc(Nc2ccnn2C)nc1C(C)C. The zero-order valence-electron chi connectivity index (χ0n) is 10.6. The van der Waals surface area contributed by atoms with E-state index in [1.807, 2.05) is 26.2 Å². The summed E-state index contributed by atoms with van der Waals surface area (Å²) in [5.41, 5.74) is 2.19. The number of aryl methyl sites for hydroxylation is 2. The van der Waals surface area contributed by atoms with E-state index in [4.69, 9.17) is 0 Å². The molecule has 0 spiro atoms. The van der Waals surface area contributed by atoms with E-state index in [-0.39, 0.29) is 0 Å². The Kier molecular flexibility index (Phi) is 3.08. The second-order valence-electron chi connectivity index (χ2n) is 4.38. The van der Waals surface area contributed by atoms with E-state index in [0.717, 1.165) is 17.1 Å². The number of anilines is 2. The van der Waals surface area contributed by atoms with Crippen molar-refractivity contribution in [3.05, 3.63) is 29.7 Å². The maximum absolute atomic E-state index is 4.52. The van der Waals surface area contributed by atoms with Gasteiger partial charge in [-0.3, -0.25) is 4.68 Å². The molecule has 2 heterocycles. The number of hydrogen-bond donors (Lipinski definition) is 1. The van der Waals surface area contributed by atoms with Gasteiger partial charge in [-0.15, -0.1) is 0 Å². The number of rotatable bonds is 3. The van der Waals surface area contributed by atoms with E-state index >= 15 is 0 Å². The predicted molar refractivity (Wildman–Crippen MR) is 67.3 cm³/mol. The molecule has 0 unspecified atom stereocenters. The molecule has 0 aromatic carbocycles. The van der Waals surface area contributed by atoms with Crippen molar-refractivity contribution in [3.63, 3.8) is 0 Å². The van der Waals surface area contributed by atoms with Gasteiger partial charge in [0.25, 0.3) is 0 Å². The van der Waals surface area contributed by atoms with Gasteiger partial charge in [-0.2, -0.15) is 5.10 Å². The first-order valence-corrected chi connectivity index (χ1v) is 5.66. The summed E-state index contributed by atoms with van der Waals surface area (Å²) >= 11 is 0. The van der Waals surface area contributed by atoms with E-state index in [1.165, 1.54) is 0 Å². The van der Waals surface area contributed by atoms with Crippen LogP contribution in [0.3, 0.4) is 0 Å². The first-order valence-electron chi connectivity index (χ1n) is 5.66. The Morgan fingerprint density at radius 2 is 2.12 bits per heavy atom. The fourth-order valence-electron chi connectivity index (χ4n) is 1.71. The Morgan fingerprint density at radius 3 is 2.71 bits per heavy atom. The van der Waals surface area contributed by atoms with Crippen LogP contribution in [0, 0.1) is 6.92 Å². The zero-order valence-corrected chi connectivity index (χ0v) is 10.6. The molecule has 0 amide bonds. The minimum absolute atomic E-state index is 0.394. The molecule has 90 valence electrons. The lowest BCUT2D eigenvalue weighted by molar-refractivity contribution is 0.771. The van der Waals surface area contributed by atoms with Crippen LogP contribution in [-0.2, 0) is 7.05 Å². The summed E-state index contributed by atoms with van der Waals surface area (Å²) in [5.74, 6) is 1.89. The maximum Gasteiger partial charge on any atom is 0.228 e. The molecule has 0 atom stereocenters. The van der Waals surface area contributed by atoms with Gasteiger partial charge in [0.05, 0.1) is 11.9 Å². The fourth-order valence-corrected chi connectivity index (χ4v) is 1.71. The summed E-state index contributed by atoms with van der Waals surface area (Å²) in [6.45, 7) is 6.29. The minimum Gasteiger partial charge on any atom is -0.309 e. The lowest BCUT2D eigenvalue weighted by Gasteiger charge is -2.11. The molecular formula is C12H17N5. The van der Waals surface area contributed by atoms with Gasteiger partial charge in [-0.1, -0.05) is 13.8 Å². The van der Waals surface area contributed by atoms with Crippen LogP contribution >= 0.6 is 0 Å². The topological polar surface area (TPSA) is 55.6 Å². The summed E-state index contributed by atoms with van der Waals surface area (Å²) in [6, 6.07) is 1.89. The van der Waals surface area contributed by atoms with E-state index in [9.17, 15) is 0 Å². The van der Waals surface area contributed by atoms with Crippen LogP contribution in [0.5, 0.6) is 0 Å². The van der Waals surface area contributed by atoms with Crippen molar-refractivity contribution in [2.75, 3.05) is 5.32 Å². The number of hydrogen-bond acceptors (Lipinski definition) is 4. The highest BCUT2D eigenvalue weighted by molar-refractivity contribution is 5.47. The van der Waals surface area contributed by atoms with Gasteiger partial charge in [0, 0.05) is 19.3 Å². The van der Waals surface area contributed by atoms with Gasteiger partial charge in [0.15, 0.2) is 0 Å². The van der Waals surface area contributed by atoms with Crippen molar-refractivity contribution < 1.29 is 0 Å². The Bertz CT molecular complexity index is 515. The van der Waals surface area contributed by atoms with Crippen molar-refractivity contribution >= 4 is 11.8 Å². The first kappa shape index (κ1) is 11.6. The average Bonchev–Trinajstić information content (AvgIpc) is 2.67. The fraction of sp³-hybridized carbons (Fsp3) is 0.417. The largest absolute Gasteiger partial charge is 0.309 e. The van der Waals surface area contributed by atoms with E-state index in [2.05, 4.69) is 34.2 Å². The van der Waals surface area contributed by atoms with Crippen LogP contribution in [0.15, 0.2) is 18.5 Å². The van der Waals surface area contributed by atoms with Gasteiger partial charge < -0.3 is 5.32 Å². The summed E-state index contributed by atoms with van der Waals surface area (Å²) in [7, 11) is 1.87. The van der Waals surface area contributed by atoms with E-state index < -0.39 is 0 Å². The highest BCUT2D eigenvalue weighted by atomic mass is 15.3. The standard InChI is InChI=1S/C12H17N5/c1-8(2)11-9(3)7-13-12(16-11)15-10-5-6-14-17(10)4/h5-8H,1-4H3,(H,13,15,16). The summed E-state index contributed by atoms with van der Waals surface area (Å²) in [6.07, 6.45) is 3.58. The quantitative estimate of drug-likeness (QED) is 0.881. The van der Waals surface area contributed by atoms with Crippen molar-refractivity contribution in [1.82, 2.24) is 19.7 Å². The summed E-state index contributed by atoms with van der Waals surface area (Å²) in [5, 5.41) is 7.24. The van der Waals surface area contributed by atoms with Crippen molar-refractivity contribution in [2.45, 2.75) is 26.7 Å². The Labute approximate surface area is 101 Å². The highest BCUT2D eigenvalue weighted by Crippen LogP contribution is 2.18. The first-order chi connectivity index (χ1) is 8.08. The molecule has 5 heteroatoms. The van der Waals surface area contributed by atoms with Gasteiger partial charge in [-0.05, 0) is 18.4 Å². The third-order valence-electron chi connectivity index (χ3n) is 2.62. The second-order valence-corrected chi connectivity index (χ2v) is 4.38. The smallest absolute Gasteiger partial charge is 0.228 e. The minimum atomic E-state index is 0.394. The lowest BCUT2D eigenvalue weighted by atomic mass is 10.1. The highest BCUT2D eigenvalue weighted by Gasteiger charge is 2.08. The molecule has 1 N–H and O–H groups in total.